The zero-order chi connectivity index (χ0) is 15.4. The number of nitrogens with one attached hydrogen (secondary N) is 1. The Kier molecular flexibility index (Phi) is 4.66. The molecule has 1 aromatic carbocycles. The minimum absolute atomic E-state index is 0.0379. The monoisotopic (exact) mass is 311 g/mol. The van der Waals surface area contributed by atoms with E-state index in [1.165, 1.54) is 30.5 Å². The number of aliphatic hydroxyl groups is 1. The van der Waals surface area contributed by atoms with E-state index in [2.05, 4.69) is 10.3 Å². The Labute approximate surface area is 124 Å². The van der Waals surface area contributed by atoms with Gasteiger partial charge in [-0.15, -0.1) is 0 Å². The van der Waals surface area contributed by atoms with Crippen molar-refractivity contribution in [2.45, 2.75) is 6.10 Å². The Morgan fingerprint density at radius 3 is 2.90 bits per heavy atom. The average molecular weight is 312 g/mol. The molecular formula is C13H11ClFN3O3. The van der Waals surface area contributed by atoms with Crippen LogP contribution in [0, 0.1) is 15.9 Å². The number of halogens is 2. The third kappa shape index (κ3) is 3.65. The van der Waals surface area contributed by atoms with Gasteiger partial charge in [-0.05, 0) is 23.8 Å². The SMILES string of the molecule is O=[N+]([O-])c1cccnc1NCC(O)c1ccc(Cl)c(F)c1. The van der Waals surface area contributed by atoms with E-state index in [4.69, 9.17) is 11.6 Å². The molecule has 21 heavy (non-hydrogen) atoms. The molecule has 0 radical (unpaired) electrons. The summed E-state index contributed by atoms with van der Waals surface area (Å²) in [7, 11) is 0. The first-order valence-corrected chi connectivity index (χ1v) is 6.33. The molecule has 0 amide bonds. The van der Waals surface area contributed by atoms with Gasteiger partial charge in [0.15, 0.2) is 0 Å². The molecule has 1 heterocycles. The zero-order valence-corrected chi connectivity index (χ0v) is 11.4. The molecule has 0 spiro atoms. The van der Waals surface area contributed by atoms with Gasteiger partial charge in [-0.3, -0.25) is 10.1 Å². The Balaban J connectivity index is 2.09. The topological polar surface area (TPSA) is 88.3 Å². The highest BCUT2D eigenvalue weighted by molar-refractivity contribution is 6.30. The van der Waals surface area contributed by atoms with E-state index in [9.17, 15) is 19.6 Å². The van der Waals surface area contributed by atoms with Crippen LogP contribution in [0.3, 0.4) is 0 Å². The molecule has 1 atom stereocenters. The van der Waals surface area contributed by atoms with Crippen LogP contribution in [0.1, 0.15) is 11.7 Å². The summed E-state index contributed by atoms with van der Waals surface area (Å²) in [5.41, 5.74) is 0.106. The molecular weight excluding hydrogens is 301 g/mol. The maximum atomic E-state index is 13.3. The van der Waals surface area contributed by atoms with Gasteiger partial charge >= 0.3 is 5.69 Å². The summed E-state index contributed by atoms with van der Waals surface area (Å²) >= 11 is 5.56. The predicted octanol–water partition coefficient (Wildman–Crippen LogP) is 2.93. The maximum Gasteiger partial charge on any atom is 0.311 e. The average Bonchev–Trinajstić information content (AvgIpc) is 2.47. The van der Waals surface area contributed by atoms with Gasteiger partial charge in [0, 0.05) is 18.8 Å². The highest BCUT2D eigenvalue weighted by Gasteiger charge is 2.16. The van der Waals surface area contributed by atoms with Crippen molar-refractivity contribution in [1.29, 1.82) is 0 Å². The van der Waals surface area contributed by atoms with Crippen molar-refractivity contribution in [2.75, 3.05) is 11.9 Å². The number of aliphatic hydroxyl groups excluding tert-OH is 1. The van der Waals surface area contributed by atoms with Gasteiger partial charge in [0.05, 0.1) is 16.0 Å². The fraction of sp³-hybridized carbons (Fsp3) is 0.154. The summed E-state index contributed by atoms with van der Waals surface area (Å²) in [5.74, 6) is -0.604. The van der Waals surface area contributed by atoms with Gasteiger partial charge in [-0.25, -0.2) is 9.37 Å². The van der Waals surface area contributed by atoms with Crippen molar-refractivity contribution in [3.63, 3.8) is 0 Å². The number of anilines is 1. The van der Waals surface area contributed by atoms with Crippen molar-refractivity contribution in [2.24, 2.45) is 0 Å². The highest BCUT2D eigenvalue weighted by Crippen LogP contribution is 2.23. The number of rotatable bonds is 5. The normalized spacial score (nSPS) is 12.0. The summed E-state index contributed by atoms with van der Waals surface area (Å²) in [6.07, 6.45) is 0.335. The molecule has 0 bridgehead atoms. The Morgan fingerprint density at radius 2 is 2.24 bits per heavy atom. The Bertz CT molecular complexity index is 669. The van der Waals surface area contributed by atoms with Crippen LogP contribution >= 0.6 is 11.6 Å². The van der Waals surface area contributed by atoms with Crippen LogP contribution in [-0.4, -0.2) is 21.6 Å². The lowest BCUT2D eigenvalue weighted by molar-refractivity contribution is -0.384. The molecule has 1 unspecified atom stereocenters. The Morgan fingerprint density at radius 1 is 1.48 bits per heavy atom. The first-order chi connectivity index (χ1) is 9.99. The second-order valence-electron chi connectivity index (χ2n) is 4.20. The molecule has 0 saturated carbocycles. The molecule has 6 nitrogen and oxygen atoms in total. The second kappa shape index (κ2) is 6.47. The van der Waals surface area contributed by atoms with E-state index in [0.29, 0.717) is 5.56 Å². The Hall–Kier alpha value is -2.25. The lowest BCUT2D eigenvalue weighted by Gasteiger charge is -2.13. The van der Waals surface area contributed by atoms with E-state index in [-0.39, 0.29) is 23.1 Å². The number of hydrogen-bond donors (Lipinski definition) is 2. The van der Waals surface area contributed by atoms with Crippen molar-refractivity contribution < 1.29 is 14.4 Å². The molecule has 2 aromatic rings. The lowest BCUT2D eigenvalue weighted by Crippen LogP contribution is -2.14. The van der Waals surface area contributed by atoms with Gasteiger partial charge in [0.2, 0.25) is 5.82 Å². The molecule has 110 valence electrons. The smallest absolute Gasteiger partial charge is 0.311 e. The largest absolute Gasteiger partial charge is 0.387 e. The van der Waals surface area contributed by atoms with Crippen molar-refractivity contribution in [3.05, 3.63) is 63.0 Å². The predicted molar refractivity (Wildman–Crippen MR) is 75.8 cm³/mol. The van der Waals surface area contributed by atoms with Crippen molar-refractivity contribution >= 4 is 23.1 Å². The van der Waals surface area contributed by atoms with E-state index >= 15 is 0 Å². The second-order valence-corrected chi connectivity index (χ2v) is 4.61. The number of hydrogen-bond acceptors (Lipinski definition) is 5. The fourth-order valence-corrected chi connectivity index (χ4v) is 1.83. The molecule has 8 heteroatoms. The van der Waals surface area contributed by atoms with Crippen LogP contribution in [0.2, 0.25) is 5.02 Å². The molecule has 0 aliphatic rings. The van der Waals surface area contributed by atoms with E-state index in [0.717, 1.165) is 6.07 Å². The van der Waals surface area contributed by atoms with Crippen LogP contribution in [0.4, 0.5) is 15.9 Å². The first-order valence-electron chi connectivity index (χ1n) is 5.95. The van der Waals surface area contributed by atoms with E-state index in [1.54, 1.807) is 0 Å². The van der Waals surface area contributed by atoms with Crippen molar-refractivity contribution in [3.8, 4) is 0 Å². The van der Waals surface area contributed by atoms with Crippen LogP contribution < -0.4 is 5.32 Å². The minimum Gasteiger partial charge on any atom is -0.387 e. The lowest BCUT2D eigenvalue weighted by atomic mass is 10.1. The first kappa shape index (κ1) is 15.1. The third-order valence-electron chi connectivity index (χ3n) is 2.77. The fourth-order valence-electron chi connectivity index (χ4n) is 1.71. The summed E-state index contributed by atoms with van der Waals surface area (Å²) in [6, 6.07) is 6.66. The number of benzene rings is 1. The number of aromatic nitrogens is 1. The summed E-state index contributed by atoms with van der Waals surface area (Å²) in [6.45, 7) is -0.0566. The maximum absolute atomic E-state index is 13.3. The summed E-state index contributed by atoms with van der Waals surface area (Å²) in [5, 5.41) is 23.4. The van der Waals surface area contributed by atoms with Crippen LogP contribution in [0.15, 0.2) is 36.5 Å². The van der Waals surface area contributed by atoms with Gasteiger partial charge in [0.1, 0.15) is 5.82 Å². The highest BCUT2D eigenvalue weighted by atomic mass is 35.5. The van der Waals surface area contributed by atoms with Gasteiger partial charge < -0.3 is 10.4 Å². The standard InChI is InChI=1S/C13H11ClFN3O3/c14-9-4-3-8(6-10(9)15)12(19)7-17-13-11(18(20)21)2-1-5-16-13/h1-6,12,19H,7H2,(H,16,17). The van der Waals surface area contributed by atoms with E-state index in [1.807, 2.05) is 0 Å². The molecule has 0 saturated heterocycles. The van der Waals surface area contributed by atoms with Crippen molar-refractivity contribution in [1.82, 2.24) is 4.98 Å². The van der Waals surface area contributed by atoms with E-state index < -0.39 is 16.8 Å². The number of nitro groups is 1. The molecule has 0 aliphatic carbocycles. The quantitative estimate of drug-likeness (QED) is 0.654. The molecule has 0 fully saturated rings. The molecule has 0 aliphatic heterocycles. The zero-order valence-electron chi connectivity index (χ0n) is 10.7. The van der Waals surface area contributed by atoms with Crippen LogP contribution in [-0.2, 0) is 0 Å². The van der Waals surface area contributed by atoms with Gasteiger partial charge in [0.25, 0.3) is 0 Å². The van der Waals surface area contributed by atoms with Gasteiger partial charge in [-0.2, -0.15) is 0 Å². The number of nitrogens with zero attached hydrogens (tertiary/aromatic N) is 2. The van der Waals surface area contributed by atoms with Gasteiger partial charge in [-0.1, -0.05) is 17.7 Å². The molecule has 1 aromatic heterocycles. The van der Waals surface area contributed by atoms with Crippen LogP contribution in [0.25, 0.3) is 0 Å². The minimum atomic E-state index is -1.06. The molecule has 2 N–H and O–H groups in total. The summed E-state index contributed by atoms with van der Waals surface area (Å²) < 4.78 is 13.3. The third-order valence-corrected chi connectivity index (χ3v) is 3.08. The number of pyridine rings is 1. The molecule has 2 rings (SSSR count). The van der Waals surface area contributed by atoms with Crippen LogP contribution in [0.5, 0.6) is 0 Å². The summed E-state index contributed by atoms with van der Waals surface area (Å²) in [4.78, 5) is 14.1.